The van der Waals surface area contributed by atoms with E-state index in [-0.39, 0.29) is 35.0 Å². The molecule has 2 saturated carbocycles. The predicted molar refractivity (Wildman–Crippen MR) is 146 cm³/mol. The average Bonchev–Trinajstić information content (AvgIpc) is 3.64. The van der Waals surface area contributed by atoms with Crippen LogP contribution in [0.15, 0.2) is 42.5 Å². The number of aryl methyl sites for hydroxylation is 1. The molecule has 5 heteroatoms. The fraction of sp³-hybridized carbons (Fsp3) is 0.594. The van der Waals surface area contributed by atoms with E-state index in [2.05, 4.69) is 45.1 Å². The molecule has 3 fully saturated rings. The van der Waals surface area contributed by atoms with Crippen molar-refractivity contribution in [1.29, 1.82) is 0 Å². The first-order valence-corrected chi connectivity index (χ1v) is 13.8. The van der Waals surface area contributed by atoms with Crippen molar-refractivity contribution in [1.82, 2.24) is 5.32 Å². The number of hydrogen-bond donors (Lipinski definition) is 1. The summed E-state index contributed by atoms with van der Waals surface area (Å²) in [6.45, 7) is 11.7. The lowest BCUT2D eigenvalue weighted by molar-refractivity contribution is -0.112. The summed E-state index contributed by atoms with van der Waals surface area (Å²) < 4.78 is 17.6. The number of carbonyl (C=O) groups excluding carboxylic acids is 1. The average molecular weight is 506 g/mol. The van der Waals surface area contributed by atoms with Gasteiger partial charge in [-0.2, -0.15) is 0 Å². The summed E-state index contributed by atoms with van der Waals surface area (Å²) in [6.07, 6.45) is 4.84. The molecule has 2 aromatic carbocycles. The van der Waals surface area contributed by atoms with E-state index in [0.717, 1.165) is 34.6 Å². The second-order valence-corrected chi connectivity index (χ2v) is 12.6. The van der Waals surface area contributed by atoms with E-state index in [1.165, 1.54) is 19.3 Å². The summed E-state index contributed by atoms with van der Waals surface area (Å²) in [5, 5.41) is 3.47. The van der Waals surface area contributed by atoms with Crippen LogP contribution < -0.4 is 14.8 Å². The van der Waals surface area contributed by atoms with Crippen LogP contribution in [0, 0.1) is 35.5 Å². The Bertz CT molecular complexity index is 1140. The highest BCUT2D eigenvalue weighted by atomic mass is 16.6. The van der Waals surface area contributed by atoms with E-state index in [4.69, 9.17) is 14.2 Å². The molecule has 3 aliphatic rings. The quantitative estimate of drug-likeness (QED) is 0.442. The summed E-state index contributed by atoms with van der Waals surface area (Å²) in [4.78, 5) is 13.4. The monoisotopic (exact) mass is 505 g/mol. The molecule has 7 atom stereocenters. The molecule has 1 amide bonds. The van der Waals surface area contributed by atoms with E-state index in [1.807, 2.05) is 37.3 Å². The molecule has 0 bridgehead atoms. The number of fused-ring (bicyclic) bond motifs is 1. The maximum Gasteiger partial charge on any atom is 0.251 e. The molecule has 0 spiro atoms. The fourth-order valence-corrected chi connectivity index (χ4v) is 8.03. The molecule has 0 aromatic heterocycles. The minimum Gasteiger partial charge on any atom is -0.497 e. The minimum absolute atomic E-state index is 0.0187. The van der Waals surface area contributed by atoms with Gasteiger partial charge >= 0.3 is 0 Å². The topological polar surface area (TPSA) is 60.1 Å². The SMILES string of the molecule is COc1cc(OC)cc(C2OC2[C@H]2[C@H](C)[C@H](NC(=O)c3cccc(C)c3)C[C@H]3C(C)(C)CCC[C@]23C)c1. The maximum atomic E-state index is 13.4. The number of methoxy groups -OCH3 is 2. The lowest BCUT2D eigenvalue weighted by Gasteiger charge is -2.60. The lowest BCUT2D eigenvalue weighted by atomic mass is 9.45. The molecule has 1 saturated heterocycles. The van der Waals surface area contributed by atoms with Crippen molar-refractivity contribution in [2.75, 3.05) is 14.2 Å². The molecular weight excluding hydrogens is 462 g/mol. The van der Waals surface area contributed by atoms with Gasteiger partial charge in [-0.25, -0.2) is 0 Å². The van der Waals surface area contributed by atoms with Gasteiger partial charge in [0.2, 0.25) is 0 Å². The summed E-state index contributed by atoms with van der Waals surface area (Å²) in [5.74, 6) is 2.75. The number of amides is 1. The first-order valence-electron chi connectivity index (χ1n) is 13.8. The zero-order valence-electron chi connectivity index (χ0n) is 23.5. The molecule has 1 aliphatic heterocycles. The smallest absolute Gasteiger partial charge is 0.251 e. The Labute approximate surface area is 222 Å². The summed E-state index contributed by atoms with van der Waals surface area (Å²) in [6, 6.07) is 14.0. The van der Waals surface area contributed by atoms with Crippen molar-refractivity contribution >= 4 is 5.91 Å². The molecule has 2 unspecified atom stereocenters. The van der Waals surface area contributed by atoms with Crippen LogP contribution in [0.25, 0.3) is 0 Å². The lowest BCUT2D eigenvalue weighted by Crippen LogP contribution is -2.60. The van der Waals surface area contributed by atoms with Crippen LogP contribution in [0.1, 0.15) is 81.0 Å². The normalized spacial score (nSPS) is 34.2. The Morgan fingerprint density at radius 2 is 1.73 bits per heavy atom. The Balaban J connectivity index is 1.46. The van der Waals surface area contributed by atoms with Gasteiger partial charge in [0, 0.05) is 17.7 Å². The third-order valence-electron chi connectivity index (χ3n) is 9.91. The first kappa shape index (κ1) is 26.1. The van der Waals surface area contributed by atoms with E-state index >= 15 is 0 Å². The predicted octanol–water partition coefficient (Wildman–Crippen LogP) is 6.74. The van der Waals surface area contributed by atoms with Gasteiger partial charge in [-0.3, -0.25) is 4.79 Å². The Kier molecular flexibility index (Phi) is 6.81. The fourth-order valence-electron chi connectivity index (χ4n) is 8.03. The van der Waals surface area contributed by atoms with Gasteiger partial charge in [0.15, 0.2) is 0 Å². The Hall–Kier alpha value is -2.53. The van der Waals surface area contributed by atoms with Gasteiger partial charge in [-0.05, 0) is 84.6 Å². The maximum absolute atomic E-state index is 13.4. The summed E-state index contributed by atoms with van der Waals surface area (Å²) in [7, 11) is 3.37. The zero-order chi connectivity index (χ0) is 26.5. The number of epoxide rings is 1. The second-order valence-electron chi connectivity index (χ2n) is 12.6. The third-order valence-corrected chi connectivity index (χ3v) is 9.91. The number of rotatable bonds is 6. The highest BCUT2D eigenvalue weighted by molar-refractivity contribution is 5.94. The van der Waals surface area contributed by atoms with Crippen molar-refractivity contribution in [3.63, 3.8) is 0 Å². The third kappa shape index (κ3) is 4.76. The molecule has 0 radical (unpaired) electrons. The van der Waals surface area contributed by atoms with Crippen LogP contribution in [0.5, 0.6) is 11.5 Å². The van der Waals surface area contributed by atoms with E-state index in [9.17, 15) is 4.79 Å². The molecule has 5 nitrogen and oxygen atoms in total. The van der Waals surface area contributed by atoms with Gasteiger partial charge < -0.3 is 19.5 Å². The molecular formula is C32H43NO4. The first-order chi connectivity index (χ1) is 17.6. The van der Waals surface area contributed by atoms with Crippen molar-refractivity contribution < 1.29 is 19.0 Å². The van der Waals surface area contributed by atoms with Gasteiger partial charge in [0.25, 0.3) is 5.91 Å². The van der Waals surface area contributed by atoms with Crippen LogP contribution >= 0.6 is 0 Å². The zero-order valence-corrected chi connectivity index (χ0v) is 23.5. The van der Waals surface area contributed by atoms with Crippen LogP contribution in [-0.4, -0.2) is 32.3 Å². The van der Waals surface area contributed by atoms with Crippen LogP contribution in [0.3, 0.4) is 0 Å². The number of carbonyl (C=O) groups is 1. The molecule has 37 heavy (non-hydrogen) atoms. The highest BCUT2D eigenvalue weighted by Crippen LogP contribution is 2.65. The molecule has 200 valence electrons. The second kappa shape index (κ2) is 9.65. The number of nitrogens with one attached hydrogen (secondary N) is 1. The van der Waals surface area contributed by atoms with Crippen molar-refractivity contribution in [3.8, 4) is 11.5 Å². The Morgan fingerprint density at radius 1 is 1.03 bits per heavy atom. The van der Waals surface area contributed by atoms with Crippen molar-refractivity contribution in [2.45, 2.75) is 78.6 Å². The van der Waals surface area contributed by atoms with Crippen LogP contribution in [-0.2, 0) is 4.74 Å². The Morgan fingerprint density at radius 3 is 2.38 bits per heavy atom. The van der Waals surface area contributed by atoms with E-state index < -0.39 is 0 Å². The molecule has 2 aliphatic carbocycles. The molecule has 2 aromatic rings. The van der Waals surface area contributed by atoms with Gasteiger partial charge in [0.1, 0.15) is 17.6 Å². The number of ether oxygens (including phenoxy) is 3. The number of hydrogen-bond acceptors (Lipinski definition) is 4. The van der Waals surface area contributed by atoms with Crippen molar-refractivity contribution in [2.24, 2.45) is 28.6 Å². The molecule has 5 rings (SSSR count). The highest BCUT2D eigenvalue weighted by Gasteiger charge is 2.63. The molecule has 1 N–H and O–H groups in total. The van der Waals surface area contributed by atoms with E-state index in [1.54, 1.807) is 14.2 Å². The number of benzene rings is 2. The summed E-state index contributed by atoms with van der Waals surface area (Å²) >= 11 is 0. The van der Waals surface area contributed by atoms with Crippen LogP contribution in [0.2, 0.25) is 0 Å². The molecule has 1 heterocycles. The standard InChI is InChI=1S/C32H43NO4/c1-19-10-8-11-21(14-19)30(34)33-25-18-26-31(3,4)12-9-13-32(26,5)27(20(25)2)29-28(37-29)22-15-23(35-6)17-24(16-22)36-7/h8,10-11,14-17,20,25-29H,9,12-13,18H2,1-7H3,(H,33,34)/t20-,25-,26+,27-,28?,29?,32+/m1/s1. The van der Waals surface area contributed by atoms with Crippen molar-refractivity contribution in [3.05, 3.63) is 59.2 Å². The van der Waals surface area contributed by atoms with Gasteiger partial charge in [0.05, 0.1) is 20.3 Å². The van der Waals surface area contributed by atoms with Gasteiger partial charge in [-0.1, -0.05) is 51.8 Å². The minimum atomic E-state index is 0.0187. The summed E-state index contributed by atoms with van der Waals surface area (Å²) in [5.41, 5.74) is 3.33. The van der Waals surface area contributed by atoms with Gasteiger partial charge in [-0.15, -0.1) is 0 Å². The van der Waals surface area contributed by atoms with Crippen LogP contribution in [0.4, 0.5) is 0 Å². The van der Waals surface area contributed by atoms with E-state index in [0.29, 0.717) is 17.8 Å². The largest absolute Gasteiger partial charge is 0.497 e.